The minimum absolute atomic E-state index is 0.00394. The SMILES string of the molecule is N#Cc1cccc(CN2CCC(c3ccc(O)cc3F)=C(C(=O)NCc3ccc(C(F)(F)F)cc3)C2)c1. The van der Waals surface area contributed by atoms with Crippen LogP contribution in [0.5, 0.6) is 5.75 Å². The monoisotopic (exact) mass is 509 g/mol. The Kier molecular flexibility index (Phi) is 7.60. The number of amides is 1. The number of phenols is 1. The van der Waals surface area contributed by atoms with Gasteiger partial charge in [-0.25, -0.2) is 4.39 Å². The third kappa shape index (κ3) is 6.35. The van der Waals surface area contributed by atoms with Crippen LogP contribution in [0.1, 0.15) is 34.2 Å². The van der Waals surface area contributed by atoms with Gasteiger partial charge in [0, 0.05) is 43.4 Å². The lowest BCUT2D eigenvalue weighted by Crippen LogP contribution is -2.37. The predicted octanol–water partition coefficient (Wildman–Crippen LogP) is 5.40. The normalized spacial score (nSPS) is 14.4. The summed E-state index contributed by atoms with van der Waals surface area (Å²) in [7, 11) is 0. The van der Waals surface area contributed by atoms with Crippen LogP contribution in [0.15, 0.2) is 72.3 Å². The largest absolute Gasteiger partial charge is 0.508 e. The topological polar surface area (TPSA) is 76.4 Å². The molecule has 0 fully saturated rings. The van der Waals surface area contributed by atoms with Gasteiger partial charge >= 0.3 is 6.18 Å². The van der Waals surface area contributed by atoms with E-state index in [9.17, 15) is 27.5 Å². The standard InChI is InChI=1S/C28H23F4N3O2/c29-26-13-22(36)8-9-24(26)23-10-11-35(16-20-3-1-2-19(12-20)14-33)17-25(23)27(37)34-15-18-4-6-21(7-5-18)28(30,31)32/h1-9,12-13,36H,10-11,15-17H2,(H,34,37). The molecule has 1 heterocycles. The number of hydrogen-bond donors (Lipinski definition) is 2. The van der Waals surface area contributed by atoms with Crippen LogP contribution in [0.3, 0.4) is 0 Å². The highest BCUT2D eigenvalue weighted by Crippen LogP contribution is 2.32. The van der Waals surface area contributed by atoms with Gasteiger partial charge in [0.25, 0.3) is 0 Å². The Morgan fingerprint density at radius 3 is 2.49 bits per heavy atom. The third-order valence-corrected chi connectivity index (χ3v) is 6.17. The molecule has 37 heavy (non-hydrogen) atoms. The highest BCUT2D eigenvalue weighted by molar-refractivity contribution is 6.02. The number of nitrogens with one attached hydrogen (secondary N) is 1. The Labute approximate surface area is 211 Å². The molecule has 1 amide bonds. The molecule has 5 nitrogen and oxygen atoms in total. The Balaban J connectivity index is 1.57. The van der Waals surface area contributed by atoms with E-state index in [0.29, 0.717) is 41.8 Å². The van der Waals surface area contributed by atoms with Gasteiger partial charge in [-0.2, -0.15) is 18.4 Å². The van der Waals surface area contributed by atoms with Crippen molar-refractivity contribution in [2.45, 2.75) is 25.7 Å². The highest BCUT2D eigenvalue weighted by Gasteiger charge is 2.30. The molecular weight excluding hydrogens is 486 g/mol. The van der Waals surface area contributed by atoms with Gasteiger partial charge in [-0.15, -0.1) is 0 Å². The lowest BCUT2D eigenvalue weighted by molar-refractivity contribution is -0.137. The average molecular weight is 510 g/mol. The molecule has 3 aromatic carbocycles. The lowest BCUT2D eigenvalue weighted by atomic mass is 9.92. The zero-order chi connectivity index (χ0) is 26.6. The van der Waals surface area contributed by atoms with Crippen LogP contribution < -0.4 is 5.32 Å². The van der Waals surface area contributed by atoms with Gasteiger partial charge in [0.15, 0.2) is 0 Å². The summed E-state index contributed by atoms with van der Waals surface area (Å²) in [6.07, 6.45) is -4.09. The fraction of sp³-hybridized carbons (Fsp3) is 0.214. The number of halogens is 4. The summed E-state index contributed by atoms with van der Waals surface area (Å²) in [4.78, 5) is 15.3. The quantitative estimate of drug-likeness (QED) is 0.437. The van der Waals surface area contributed by atoms with Crippen molar-refractivity contribution in [3.63, 3.8) is 0 Å². The van der Waals surface area contributed by atoms with Crippen LogP contribution >= 0.6 is 0 Å². The maximum absolute atomic E-state index is 14.7. The number of phenolic OH excluding ortho intramolecular Hbond substituents is 1. The molecule has 0 spiro atoms. The molecule has 0 atom stereocenters. The van der Waals surface area contributed by atoms with E-state index in [1.54, 1.807) is 18.2 Å². The molecular formula is C28H23F4N3O2. The van der Waals surface area contributed by atoms with Crippen LogP contribution in [0.4, 0.5) is 17.6 Å². The molecule has 0 saturated carbocycles. The van der Waals surface area contributed by atoms with Crippen LogP contribution in [-0.4, -0.2) is 29.0 Å². The maximum Gasteiger partial charge on any atom is 0.416 e. The molecule has 190 valence electrons. The first-order valence-electron chi connectivity index (χ1n) is 11.5. The number of carbonyl (C=O) groups excluding carboxylic acids is 1. The second-order valence-corrected chi connectivity index (χ2v) is 8.77. The number of nitrogens with zero attached hydrogens (tertiary/aromatic N) is 2. The molecule has 4 rings (SSSR count). The summed E-state index contributed by atoms with van der Waals surface area (Å²) in [5.74, 6) is -1.35. The van der Waals surface area contributed by atoms with Gasteiger partial charge < -0.3 is 10.4 Å². The van der Waals surface area contributed by atoms with E-state index in [2.05, 4.69) is 11.4 Å². The molecule has 0 radical (unpaired) electrons. The molecule has 0 saturated heterocycles. The van der Waals surface area contributed by atoms with Crippen molar-refractivity contribution in [3.8, 4) is 11.8 Å². The first kappa shape index (κ1) is 25.9. The van der Waals surface area contributed by atoms with Crippen LogP contribution in [0.2, 0.25) is 0 Å². The molecule has 9 heteroatoms. The molecule has 2 N–H and O–H groups in total. The van der Waals surface area contributed by atoms with E-state index in [1.165, 1.54) is 24.3 Å². The number of hydrogen-bond acceptors (Lipinski definition) is 4. The number of carbonyl (C=O) groups is 1. The third-order valence-electron chi connectivity index (χ3n) is 6.17. The fourth-order valence-corrected chi connectivity index (χ4v) is 4.31. The smallest absolute Gasteiger partial charge is 0.416 e. The summed E-state index contributed by atoms with van der Waals surface area (Å²) in [6, 6.07) is 17.5. The van der Waals surface area contributed by atoms with E-state index in [-0.39, 0.29) is 24.4 Å². The molecule has 0 unspecified atom stereocenters. The van der Waals surface area contributed by atoms with Crippen molar-refractivity contribution >= 4 is 11.5 Å². The number of rotatable bonds is 6. The van der Waals surface area contributed by atoms with Crippen LogP contribution in [0.25, 0.3) is 5.57 Å². The zero-order valence-corrected chi connectivity index (χ0v) is 19.6. The highest BCUT2D eigenvalue weighted by atomic mass is 19.4. The summed E-state index contributed by atoms with van der Waals surface area (Å²) in [6.45, 7) is 1.19. The number of aromatic hydroxyl groups is 1. The van der Waals surface area contributed by atoms with E-state index < -0.39 is 23.5 Å². The Hall–Kier alpha value is -4.16. The maximum atomic E-state index is 14.7. The van der Waals surface area contributed by atoms with Crippen molar-refractivity contribution in [2.75, 3.05) is 13.1 Å². The molecule has 0 aliphatic carbocycles. The van der Waals surface area contributed by atoms with Gasteiger partial charge in [-0.3, -0.25) is 9.69 Å². The van der Waals surface area contributed by atoms with Crippen molar-refractivity contribution in [1.82, 2.24) is 10.2 Å². The van der Waals surface area contributed by atoms with Crippen molar-refractivity contribution in [1.29, 1.82) is 5.26 Å². The van der Waals surface area contributed by atoms with E-state index in [4.69, 9.17) is 5.26 Å². The predicted molar refractivity (Wildman–Crippen MR) is 129 cm³/mol. The summed E-state index contributed by atoms with van der Waals surface area (Å²) in [5.41, 5.74) is 2.17. The number of benzene rings is 3. The van der Waals surface area contributed by atoms with Gasteiger partial charge in [0.2, 0.25) is 5.91 Å². The van der Waals surface area contributed by atoms with E-state index >= 15 is 0 Å². The zero-order valence-electron chi connectivity index (χ0n) is 19.6. The first-order chi connectivity index (χ1) is 17.6. The summed E-state index contributed by atoms with van der Waals surface area (Å²) >= 11 is 0. The van der Waals surface area contributed by atoms with Crippen molar-refractivity contribution < 1.29 is 27.5 Å². The summed E-state index contributed by atoms with van der Waals surface area (Å²) < 4.78 is 53.2. The molecule has 1 aliphatic heterocycles. The second kappa shape index (κ2) is 10.8. The van der Waals surface area contributed by atoms with Crippen molar-refractivity contribution in [3.05, 3.63) is 106 Å². The minimum Gasteiger partial charge on any atom is -0.508 e. The van der Waals surface area contributed by atoms with Crippen molar-refractivity contribution in [2.24, 2.45) is 0 Å². The Morgan fingerprint density at radius 1 is 1.05 bits per heavy atom. The summed E-state index contributed by atoms with van der Waals surface area (Å²) in [5, 5.41) is 21.5. The van der Waals surface area contributed by atoms with Gasteiger partial charge in [-0.1, -0.05) is 24.3 Å². The Morgan fingerprint density at radius 2 is 1.81 bits per heavy atom. The van der Waals surface area contributed by atoms with Crippen LogP contribution in [0, 0.1) is 17.1 Å². The van der Waals surface area contributed by atoms with Gasteiger partial charge in [0.05, 0.1) is 17.2 Å². The first-order valence-corrected chi connectivity index (χ1v) is 11.5. The van der Waals surface area contributed by atoms with E-state index in [1.807, 2.05) is 11.0 Å². The number of nitriles is 1. The van der Waals surface area contributed by atoms with Gasteiger partial charge in [-0.05, 0) is 59.5 Å². The molecule has 0 bridgehead atoms. The molecule has 0 aromatic heterocycles. The van der Waals surface area contributed by atoms with Crippen LogP contribution in [-0.2, 0) is 24.1 Å². The fourth-order valence-electron chi connectivity index (χ4n) is 4.31. The second-order valence-electron chi connectivity index (χ2n) is 8.77. The van der Waals surface area contributed by atoms with Gasteiger partial charge in [0.1, 0.15) is 11.6 Å². The minimum atomic E-state index is -4.45. The average Bonchev–Trinajstić information content (AvgIpc) is 2.87. The molecule has 1 aliphatic rings. The number of alkyl halides is 3. The van der Waals surface area contributed by atoms with E-state index in [0.717, 1.165) is 23.8 Å². The molecule has 3 aromatic rings. The Bertz CT molecular complexity index is 1380. The lowest BCUT2D eigenvalue weighted by Gasteiger charge is -2.31.